The number of hydrogen-bond acceptors (Lipinski definition) is 3. The minimum atomic E-state index is -0.441. The van der Waals surface area contributed by atoms with E-state index < -0.39 is 11.2 Å². The van der Waals surface area contributed by atoms with Crippen LogP contribution in [-0.2, 0) is 18.9 Å². The van der Waals surface area contributed by atoms with Gasteiger partial charge >= 0.3 is 5.69 Å². The Morgan fingerprint density at radius 2 is 1.87 bits per heavy atom. The standard InChI is InChI=1S/C17H19N3O3/c1-11-5-7-14(12(2)9-11)18-15(21)8-6-13-10-19(3)17(23)20(4)16(13)22/h5-10H,1-4H3,(H,18,21)/b8-6+. The van der Waals surface area contributed by atoms with E-state index in [1.54, 1.807) is 7.05 Å². The quantitative estimate of drug-likeness (QED) is 0.869. The van der Waals surface area contributed by atoms with Gasteiger partial charge in [-0.1, -0.05) is 17.7 Å². The highest BCUT2D eigenvalue weighted by atomic mass is 16.2. The number of nitrogens with zero attached hydrogens (tertiary/aromatic N) is 2. The van der Waals surface area contributed by atoms with Crippen molar-refractivity contribution in [1.29, 1.82) is 0 Å². The van der Waals surface area contributed by atoms with Crippen LogP contribution in [0.15, 0.2) is 40.1 Å². The Balaban J connectivity index is 2.22. The van der Waals surface area contributed by atoms with Crippen LogP contribution in [0.1, 0.15) is 16.7 Å². The first-order valence-corrected chi connectivity index (χ1v) is 7.12. The fraction of sp³-hybridized carbons (Fsp3) is 0.235. The van der Waals surface area contributed by atoms with Crippen LogP contribution in [0.2, 0.25) is 0 Å². The SMILES string of the molecule is Cc1ccc(NC(=O)/C=C/c2cn(C)c(=O)n(C)c2=O)c(C)c1. The topological polar surface area (TPSA) is 73.1 Å². The van der Waals surface area contributed by atoms with E-state index in [1.807, 2.05) is 32.0 Å². The maximum Gasteiger partial charge on any atom is 0.330 e. The third kappa shape index (κ3) is 3.66. The van der Waals surface area contributed by atoms with E-state index in [1.165, 1.54) is 30.0 Å². The second kappa shape index (κ2) is 6.48. The van der Waals surface area contributed by atoms with Gasteiger partial charge in [-0.2, -0.15) is 0 Å². The van der Waals surface area contributed by atoms with Crippen LogP contribution in [0.4, 0.5) is 5.69 Å². The molecule has 23 heavy (non-hydrogen) atoms. The zero-order chi connectivity index (χ0) is 17.1. The number of benzene rings is 1. The van der Waals surface area contributed by atoms with Gasteiger partial charge < -0.3 is 9.88 Å². The molecule has 2 aromatic rings. The molecule has 0 saturated heterocycles. The molecule has 0 saturated carbocycles. The van der Waals surface area contributed by atoms with Crippen LogP contribution in [-0.4, -0.2) is 15.0 Å². The molecule has 0 atom stereocenters. The number of carbonyl (C=O) groups excluding carboxylic acids is 1. The summed E-state index contributed by atoms with van der Waals surface area (Å²) in [5.74, 6) is -0.340. The monoisotopic (exact) mass is 313 g/mol. The smallest absolute Gasteiger partial charge is 0.322 e. The molecule has 0 radical (unpaired) electrons. The van der Waals surface area contributed by atoms with Crippen LogP contribution >= 0.6 is 0 Å². The molecule has 0 spiro atoms. The molecule has 1 aromatic heterocycles. The maximum absolute atomic E-state index is 12.0. The minimum Gasteiger partial charge on any atom is -0.322 e. The predicted octanol–water partition coefficient (Wildman–Crippen LogP) is 1.35. The van der Waals surface area contributed by atoms with Crippen molar-refractivity contribution in [3.63, 3.8) is 0 Å². The number of hydrogen-bond donors (Lipinski definition) is 1. The van der Waals surface area contributed by atoms with Crippen molar-refractivity contribution in [2.24, 2.45) is 14.1 Å². The van der Waals surface area contributed by atoms with E-state index in [9.17, 15) is 14.4 Å². The summed E-state index contributed by atoms with van der Waals surface area (Å²) >= 11 is 0. The lowest BCUT2D eigenvalue weighted by molar-refractivity contribution is -0.111. The first-order chi connectivity index (χ1) is 10.8. The van der Waals surface area contributed by atoms with Crippen molar-refractivity contribution in [3.05, 3.63) is 68.0 Å². The predicted molar refractivity (Wildman–Crippen MR) is 90.5 cm³/mol. The molecule has 120 valence electrons. The number of aryl methyl sites for hydroxylation is 3. The van der Waals surface area contributed by atoms with Crippen molar-refractivity contribution >= 4 is 17.7 Å². The van der Waals surface area contributed by atoms with E-state index in [-0.39, 0.29) is 11.5 Å². The highest BCUT2D eigenvalue weighted by Crippen LogP contribution is 2.15. The molecule has 0 unspecified atom stereocenters. The van der Waals surface area contributed by atoms with E-state index in [0.29, 0.717) is 0 Å². The fourth-order valence-corrected chi connectivity index (χ4v) is 2.24. The van der Waals surface area contributed by atoms with Gasteiger partial charge in [-0.25, -0.2) is 4.79 Å². The average Bonchev–Trinajstić information content (AvgIpc) is 2.50. The number of rotatable bonds is 3. The molecular weight excluding hydrogens is 294 g/mol. The lowest BCUT2D eigenvalue weighted by Gasteiger charge is -2.07. The Bertz CT molecular complexity index is 904. The van der Waals surface area contributed by atoms with Gasteiger partial charge in [0.2, 0.25) is 5.91 Å². The summed E-state index contributed by atoms with van der Waals surface area (Å²) in [7, 11) is 2.95. The highest BCUT2D eigenvalue weighted by molar-refractivity contribution is 6.02. The fourth-order valence-electron chi connectivity index (χ4n) is 2.24. The molecule has 6 nitrogen and oxygen atoms in total. The van der Waals surface area contributed by atoms with Gasteiger partial charge in [0, 0.05) is 32.1 Å². The Morgan fingerprint density at radius 1 is 1.17 bits per heavy atom. The van der Waals surface area contributed by atoms with Gasteiger partial charge in [-0.3, -0.25) is 14.2 Å². The first-order valence-electron chi connectivity index (χ1n) is 7.12. The molecule has 0 aliphatic rings. The Hall–Kier alpha value is -2.89. The number of amides is 1. The van der Waals surface area contributed by atoms with E-state index in [0.717, 1.165) is 21.4 Å². The van der Waals surface area contributed by atoms with E-state index in [2.05, 4.69) is 5.32 Å². The maximum atomic E-state index is 12.0. The minimum absolute atomic E-state index is 0.269. The summed E-state index contributed by atoms with van der Waals surface area (Å²) in [4.78, 5) is 35.6. The Labute approximate surface area is 133 Å². The average molecular weight is 313 g/mol. The van der Waals surface area contributed by atoms with Crippen LogP contribution in [0, 0.1) is 13.8 Å². The second-order valence-corrected chi connectivity index (χ2v) is 5.48. The summed E-state index contributed by atoms with van der Waals surface area (Å²) in [6, 6.07) is 5.72. The van der Waals surface area contributed by atoms with E-state index in [4.69, 9.17) is 0 Å². The molecule has 1 aromatic carbocycles. The summed E-state index contributed by atoms with van der Waals surface area (Å²) in [5, 5.41) is 2.76. The Morgan fingerprint density at radius 3 is 2.52 bits per heavy atom. The van der Waals surface area contributed by atoms with Crippen molar-refractivity contribution < 1.29 is 4.79 Å². The zero-order valence-corrected chi connectivity index (χ0v) is 13.6. The second-order valence-electron chi connectivity index (χ2n) is 5.48. The van der Waals surface area contributed by atoms with E-state index >= 15 is 0 Å². The Kier molecular flexibility index (Phi) is 4.64. The van der Waals surface area contributed by atoms with Crippen molar-refractivity contribution in [1.82, 2.24) is 9.13 Å². The van der Waals surface area contributed by atoms with Crippen LogP contribution in [0.3, 0.4) is 0 Å². The lowest BCUT2D eigenvalue weighted by Crippen LogP contribution is -2.37. The molecule has 0 bridgehead atoms. The molecular formula is C17H19N3O3. The van der Waals surface area contributed by atoms with Gasteiger partial charge in [-0.05, 0) is 31.6 Å². The molecule has 1 amide bonds. The number of aromatic nitrogens is 2. The van der Waals surface area contributed by atoms with Gasteiger partial charge in [0.25, 0.3) is 5.56 Å². The van der Waals surface area contributed by atoms with Crippen LogP contribution < -0.4 is 16.6 Å². The zero-order valence-electron chi connectivity index (χ0n) is 13.6. The summed E-state index contributed by atoms with van der Waals surface area (Å²) in [6.07, 6.45) is 4.09. The molecule has 2 rings (SSSR count). The first kappa shape index (κ1) is 16.5. The molecule has 1 N–H and O–H groups in total. The van der Waals surface area contributed by atoms with Crippen LogP contribution in [0.25, 0.3) is 6.08 Å². The van der Waals surface area contributed by atoms with Crippen molar-refractivity contribution in [3.8, 4) is 0 Å². The van der Waals surface area contributed by atoms with Gasteiger partial charge in [-0.15, -0.1) is 0 Å². The highest BCUT2D eigenvalue weighted by Gasteiger charge is 2.05. The summed E-state index contributed by atoms with van der Waals surface area (Å²) in [5.41, 5.74) is 2.22. The number of carbonyl (C=O) groups is 1. The largest absolute Gasteiger partial charge is 0.330 e. The van der Waals surface area contributed by atoms with Crippen molar-refractivity contribution in [2.45, 2.75) is 13.8 Å². The summed E-state index contributed by atoms with van der Waals surface area (Å²) in [6.45, 7) is 3.89. The number of anilines is 1. The normalized spacial score (nSPS) is 11.0. The third-order valence-electron chi connectivity index (χ3n) is 3.53. The lowest BCUT2D eigenvalue weighted by atomic mass is 10.1. The van der Waals surface area contributed by atoms with Crippen LogP contribution in [0.5, 0.6) is 0 Å². The molecule has 6 heteroatoms. The van der Waals surface area contributed by atoms with Gasteiger partial charge in [0.15, 0.2) is 0 Å². The third-order valence-corrected chi connectivity index (χ3v) is 3.53. The molecule has 1 heterocycles. The van der Waals surface area contributed by atoms with Gasteiger partial charge in [0.05, 0.1) is 5.56 Å². The molecule has 0 aliphatic heterocycles. The molecule has 0 fully saturated rings. The number of nitrogens with one attached hydrogen (secondary N) is 1. The van der Waals surface area contributed by atoms with Crippen molar-refractivity contribution in [2.75, 3.05) is 5.32 Å². The molecule has 0 aliphatic carbocycles. The summed E-state index contributed by atoms with van der Waals surface area (Å²) < 4.78 is 2.30. The van der Waals surface area contributed by atoms with Gasteiger partial charge in [0.1, 0.15) is 0 Å².